The number of carbonyl (C=O) groups is 1. The summed E-state index contributed by atoms with van der Waals surface area (Å²) in [6.45, 7) is 0.854. The average molecular weight is 342 g/mol. The summed E-state index contributed by atoms with van der Waals surface area (Å²) in [6.07, 6.45) is 7.64. The van der Waals surface area contributed by atoms with Gasteiger partial charge in [0.1, 0.15) is 5.76 Å². The molecular formula is C15H20BrNO3. The van der Waals surface area contributed by atoms with Gasteiger partial charge in [0.25, 0.3) is 0 Å². The average Bonchev–Trinajstić information content (AvgIpc) is 2.89. The van der Waals surface area contributed by atoms with Crippen LogP contribution in [0.2, 0.25) is 0 Å². The zero-order valence-electron chi connectivity index (χ0n) is 11.3. The van der Waals surface area contributed by atoms with Crippen LogP contribution in [0.4, 0.5) is 0 Å². The first-order chi connectivity index (χ1) is 9.69. The molecule has 1 fully saturated rings. The fourth-order valence-electron chi connectivity index (χ4n) is 2.66. The minimum absolute atomic E-state index is 0.125. The van der Waals surface area contributed by atoms with Crippen molar-refractivity contribution in [3.63, 3.8) is 0 Å². The van der Waals surface area contributed by atoms with Crippen molar-refractivity contribution in [2.45, 2.75) is 25.7 Å². The second-order valence-corrected chi connectivity index (χ2v) is 5.99. The summed E-state index contributed by atoms with van der Waals surface area (Å²) in [7, 11) is 0. The number of hydrogen-bond acceptors (Lipinski definition) is 3. The predicted octanol–water partition coefficient (Wildman–Crippen LogP) is 2.97. The van der Waals surface area contributed by atoms with E-state index >= 15 is 0 Å². The van der Waals surface area contributed by atoms with Crippen LogP contribution in [-0.2, 0) is 4.79 Å². The third-order valence-corrected chi connectivity index (χ3v) is 4.26. The third kappa shape index (κ3) is 4.49. The molecule has 0 saturated heterocycles. The summed E-state index contributed by atoms with van der Waals surface area (Å²) >= 11 is 3.21. The van der Waals surface area contributed by atoms with E-state index in [0.717, 1.165) is 12.8 Å². The monoisotopic (exact) mass is 341 g/mol. The molecule has 1 aliphatic carbocycles. The molecule has 5 heteroatoms. The number of aliphatic hydroxyl groups is 1. The fraction of sp³-hybridized carbons (Fsp3) is 0.533. The van der Waals surface area contributed by atoms with Gasteiger partial charge in [0, 0.05) is 19.2 Å². The lowest BCUT2D eigenvalue weighted by molar-refractivity contribution is -0.116. The topological polar surface area (TPSA) is 62.5 Å². The van der Waals surface area contributed by atoms with Crippen LogP contribution >= 0.6 is 15.9 Å². The molecule has 20 heavy (non-hydrogen) atoms. The highest BCUT2D eigenvalue weighted by molar-refractivity contribution is 9.10. The number of nitrogens with one attached hydrogen (secondary N) is 1. The van der Waals surface area contributed by atoms with Crippen molar-refractivity contribution in [1.29, 1.82) is 0 Å². The molecule has 0 bridgehead atoms. The lowest BCUT2D eigenvalue weighted by atomic mass is 9.79. The number of furan rings is 1. The maximum absolute atomic E-state index is 11.7. The Morgan fingerprint density at radius 3 is 2.80 bits per heavy atom. The number of carbonyl (C=O) groups excluding carboxylic acids is 1. The molecule has 1 heterocycles. The van der Waals surface area contributed by atoms with Crippen LogP contribution < -0.4 is 5.32 Å². The van der Waals surface area contributed by atoms with E-state index in [0.29, 0.717) is 28.8 Å². The van der Waals surface area contributed by atoms with Gasteiger partial charge in [-0.15, -0.1) is 0 Å². The van der Waals surface area contributed by atoms with Gasteiger partial charge in [-0.2, -0.15) is 0 Å². The second kappa shape index (κ2) is 7.64. The molecule has 1 aromatic rings. The van der Waals surface area contributed by atoms with Crippen molar-refractivity contribution in [1.82, 2.24) is 5.32 Å². The van der Waals surface area contributed by atoms with Crippen LogP contribution in [0.5, 0.6) is 0 Å². The van der Waals surface area contributed by atoms with Crippen molar-refractivity contribution in [2.24, 2.45) is 11.8 Å². The SMILES string of the molecule is O=C(C=Cc1ccc(Br)o1)NCC1CCCCC1CO. The van der Waals surface area contributed by atoms with E-state index in [-0.39, 0.29) is 12.5 Å². The van der Waals surface area contributed by atoms with E-state index in [9.17, 15) is 9.90 Å². The largest absolute Gasteiger partial charge is 0.450 e. The van der Waals surface area contributed by atoms with Gasteiger partial charge in [0.15, 0.2) is 4.67 Å². The van der Waals surface area contributed by atoms with Gasteiger partial charge >= 0.3 is 0 Å². The molecule has 2 unspecified atom stereocenters. The first-order valence-electron chi connectivity index (χ1n) is 7.01. The molecular weight excluding hydrogens is 322 g/mol. The molecule has 0 radical (unpaired) electrons. The smallest absolute Gasteiger partial charge is 0.244 e. The first kappa shape index (κ1) is 15.3. The van der Waals surface area contributed by atoms with Crippen LogP contribution in [0.25, 0.3) is 6.08 Å². The summed E-state index contributed by atoms with van der Waals surface area (Å²) in [4.78, 5) is 11.7. The molecule has 0 aliphatic heterocycles. The van der Waals surface area contributed by atoms with E-state index in [1.54, 1.807) is 18.2 Å². The second-order valence-electron chi connectivity index (χ2n) is 5.21. The Kier molecular flexibility index (Phi) is 5.86. The van der Waals surface area contributed by atoms with Crippen LogP contribution in [-0.4, -0.2) is 24.2 Å². The third-order valence-electron chi connectivity index (χ3n) is 3.83. The summed E-state index contributed by atoms with van der Waals surface area (Å²) in [5.74, 6) is 1.23. The Morgan fingerprint density at radius 1 is 1.40 bits per heavy atom. The Morgan fingerprint density at radius 2 is 2.15 bits per heavy atom. The van der Waals surface area contributed by atoms with Crippen molar-refractivity contribution >= 4 is 27.9 Å². The van der Waals surface area contributed by atoms with Crippen LogP contribution in [0.3, 0.4) is 0 Å². The highest BCUT2D eigenvalue weighted by atomic mass is 79.9. The molecule has 2 atom stereocenters. The molecule has 2 N–H and O–H groups in total. The van der Waals surface area contributed by atoms with Gasteiger partial charge in [-0.3, -0.25) is 4.79 Å². The number of rotatable bonds is 5. The zero-order chi connectivity index (χ0) is 14.4. The van der Waals surface area contributed by atoms with E-state index in [4.69, 9.17) is 4.42 Å². The predicted molar refractivity (Wildman–Crippen MR) is 81.0 cm³/mol. The molecule has 1 aromatic heterocycles. The summed E-state index contributed by atoms with van der Waals surface area (Å²) < 4.78 is 5.92. The maximum Gasteiger partial charge on any atom is 0.244 e. The molecule has 4 nitrogen and oxygen atoms in total. The van der Waals surface area contributed by atoms with Crippen LogP contribution in [0.15, 0.2) is 27.3 Å². The molecule has 110 valence electrons. The number of hydrogen-bond donors (Lipinski definition) is 2. The quantitative estimate of drug-likeness (QED) is 0.809. The highest BCUT2D eigenvalue weighted by Crippen LogP contribution is 2.29. The summed E-state index contributed by atoms with van der Waals surface area (Å²) in [5, 5.41) is 12.2. The lowest BCUT2D eigenvalue weighted by Gasteiger charge is -2.30. The molecule has 0 spiro atoms. The standard InChI is InChI=1S/C15H20BrNO3/c16-14-7-5-13(20-14)6-8-15(19)17-9-11-3-1-2-4-12(11)10-18/h5-8,11-12,18H,1-4,9-10H2,(H,17,19). The van der Waals surface area contributed by atoms with Crippen LogP contribution in [0, 0.1) is 11.8 Å². The zero-order valence-corrected chi connectivity index (χ0v) is 12.9. The Hall–Kier alpha value is -1.07. The number of amides is 1. The maximum atomic E-state index is 11.7. The van der Waals surface area contributed by atoms with E-state index in [1.165, 1.54) is 18.9 Å². The molecule has 2 rings (SSSR count). The van der Waals surface area contributed by atoms with Crippen LogP contribution in [0.1, 0.15) is 31.4 Å². The number of aliphatic hydroxyl groups excluding tert-OH is 1. The number of halogens is 1. The van der Waals surface area contributed by atoms with E-state index in [2.05, 4.69) is 21.2 Å². The van der Waals surface area contributed by atoms with Crippen molar-refractivity contribution < 1.29 is 14.3 Å². The van der Waals surface area contributed by atoms with Gasteiger partial charge in [0.05, 0.1) is 0 Å². The van der Waals surface area contributed by atoms with Gasteiger partial charge < -0.3 is 14.8 Å². The lowest BCUT2D eigenvalue weighted by Crippen LogP contribution is -2.34. The Bertz CT molecular complexity index is 469. The Labute approximate surface area is 127 Å². The summed E-state index contributed by atoms with van der Waals surface area (Å²) in [6, 6.07) is 3.57. The van der Waals surface area contributed by atoms with Crippen molar-refractivity contribution in [2.75, 3.05) is 13.2 Å². The van der Waals surface area contributed by atoms with E-state index in [1.807, 2.05) is 0 Å². The first-order valence-corrected chi connectivity index (χ1v) is 7.80. The Balaban J connectivity index is 1.78. The normalized spacial score (nSPS) is 23.1. The molecule has 1 amide bonds. The minimum Gasteiger partial charge on any atom is -0.450 e. The molecule has 0 aromatic carbocycles. The van der Waals surface area contributed by atoms with Gasteiger partial charge in [0.2, 0.25) is 5.91 Å². The minimum atomic E-state index is -0.125. The fourth-order valence-corrected chi connectivity index (χ4v) is 2.98. The van der Waals surface area contributed by atoms with Crippen molar-refractivity contribution in [3.05, 3.63) is 28.6 Å². The van der Waals surface area contributed by atoms with Crippen molar-refractivity contribution in [3.8, 4) is 0 Å². The van der Waals surface area contributed by atoms with Gasteiger partial charge in [-0.1, -0.05) is 12.8 Å². The van der Waals surface area contributed by atoms with E-state index < -0.39 is 0 Å². The van der Waals surface area contributed by atoms with Gasteiger partial charge in [-0.25, -0.2) is 0 Å². The van der Waals surface area contributed by atoms with Gasteiger partial charge in [-0.05, 0) is 58.8 Å². The molecule has 1 aliphatic rings. The highest BCUT2D eigenvalue weighted by Gasteiger charge is 2.24. The molecule has 1 saturated carbocycles. The summed E-state index contributed by atoms with van der Waals surface area (Å²) in [5.41, 5.74) is 0.